The molecule has 7 heteroatoms. The Kier molecular flexibility index (Phi) is 6.10. The molecule has 0 N–H and O–H groups in total. The highest BCUT2D eigenvalue weighted by atomic mass is 35.5. The van der Waals surface area contributed by atoms with Gasteiger partial charge in [-0.05, 0) is 78.4 Å². The van der Waals surface area contributed by atoms with E-state index in [-0.39, 0.29) is 11.6 Å². The summed E-state index contributed by atoms with van der Waals surface area (Å²) in [5, 5.41) is 0.648. The molecule has 2 aromatic heterocycles. The fourth-order valence-corrected chi connectivity index (χ4v) is 6.85. The molecule has 0 spiro atoms. The Labute approximate surface area is 240 Å². The summed E-state index contributed by atoms with van der Waals surface area (Å²) in [6, 6.07) is 25.7. The fraction of sp³-hybridized carbons (Fsp3) is 0.152. The van der Waals surface area contributed by atoms with Crippen molar-refractivity contribution in [2.75, 3.05) is 7.11 Å². The van der Waals surface area contributed by atoms with Gasteiger partial charge in [0.25, 0.3) is 5.56 Å². The molecule has 0 saturated carbocycles. The van der Waals surface area contributed by atoms with Crippen LogP contribution in [-0.2, 0) is 6.42 Å². The molecule has 3 heterocycles. The monoisotopic (exact) mass is 564 g/mol. The van der Waals surface area contributed by atoms with Gasteiger partial charge in [-0.25, -0.2) is 4.99 Å². The van der Waals surface area contributed by atoms with E-state index in [0.29, 0.717) is 25.9 Å². The van der Waals surface area contributed by atoms with Crippen molar-refractivity contribution in [1.82, 2.24) is 4.57 Å². The van der Waals surface area contributed by atoms with Crippen LogP contribution in [0.3, 0.4) is 0 Å². The van der Waals surface area contributed by atoms with Crippen LogP contribution in [0.15, 0.2) is 98.6 Å². The normalized spacial score (nSPS) is 16.3. The second-order valence-corrected chi connectivity index (χ2v) is 11.5. The number of methoxy groups -OCH3 is 1. The molecule has 0 amide bonds. The van der Waals surface area contributed by atoms with Gasteiger partial charge in [0.05, 0.1) is 23.4 Å². The lowest BCUT2D eigenvalue weighted by atomic mass is 9.83. The van der Waals surface area contributed by atoms with Crippen LogP contribution in [0.25, 0.3) is 23.1 Å². The fourth-order valence-electron chi connectivity index (χ4n) is 5.70. The molecule has 0 saturated heterocycles. The molecular weight excluding hydrogens is 540 g/mol. The summed E-state index contributed by atoms with van der Waals surface area (Å²) in [5.41, 5.74) is 7.47. The largest absolute Gasteiger partial charge is 0.497 e. The van der Waals surface area contributed by atoms with E-state index in [9.17, 15) is 4.79 Å². The number of furan rings is 1. The zero-order chi connectivity index (χ0) is 27.4. The van der Waals surface area contributed by atoms with Gasteiger partial charge < -0.3 is 9.15 Å². The van der Waals surface area contributed by atoms with Gasteiger partial charge in [0.2, 0.25) is 0 Å². The van der Waals surface area contributed by atoms with Gasteiger partial charge in [0.1, 0.15) is 17.3 Å². The second-order valence-electron chi connectivity index (χ2n) is 10.1. The molecule has 0 bridgehead atoms. The van der Waals surface area contributed by atoms with Crippen LogP contribution in [0.5, 0.6) is 5.75 Å². The van der Waals surface area contributed by atoms with Crippen molar-refractivity contribution in [3.05, 3.63) is 137 Å². The minimum absolute atomic E-state index is 0.0844. The summed E-state index contributed by atoms with van der Waals surface area (Å²) >= 11 is 7.62. The molecule has 5 nitrogen and oxygen atoms in total. The molecule has 0 fully saturated rings. The quantitative estimate of drug-likeness (QED) is 0.249. The van der Waals surface area contributed by atoms with Crippen molar-refractivity contribution in [2.24, 2.45) is 4.99 Å². The molecule has 0 unspecified atom stereocenters. The highest BCUT2D eigenvalue weighted by Gasteiger charge is 2.32. The Bertz CT molecular complexity index is 2010. The Balaban J connectivity index is 1.41. The van der Waals surface area contributed by atoms with Crippen LogP contribution in [0.4, 0.5) is 0 Å². The number of fused-ring (bicyclic) bond motifs is 3. The van der Waals surface area contributed by atoms with Crippen LogP contribution in [0.1, 0.15) is 40.5 Å². The highest BCUT2D eigenvalue weighted by molar-refractivity contribution is 7.07. The van der Waals surface area contributed by atoms with Crippen molar-refractivity contribution >= 4 is 34.7 Å². The first-order chi connectivity index (χ1) is 19.5. The molecular formula is C33H25ClN2O3S. The molecule has 0 radical (unpaired) electrons. The summed E-state index contributed by atoms with van der Waals surface area (Å²) in [6.45, 7) is 2.02. The summed E-state index contributed by atoms with van der Waals surface area (Å²) in [6.07, 6.45) is 3.56. The summed E-state index contributed by atoms with van der Waals surface area (Å²) in [5.74, 6) is 2.07. The van der Waals surface area contributed by atoms with Crippen LogP contribution in [0, 0.1) is 6.92 Å². The molecule has 1 aliphatic carbocycles. The van der Waals surface area contributed by atoms with Gasteiger partial charge >= 0.3 is 0 Å². The number of hydrogen-bond acceptors (Lipinski definition) is 5. The zero-order valence-electron chi connectivity index (χ0n) is 22.0. The third-order valence-corrected chi connectivity index (χ3v) is 8.87. The predicted molar refractivity (Wildman–Crippen MR) is 160 cm³/mol. The van der Waals surface area contributed by atoms with Crippen LogP contribution in [-0.4, -0.2) is 11.7 Å². The molecule has 1 atom stereocenters. The number of aryl methyl sites for hydroxylation is 2. The minimum atomic E-state index is -0.266. The number of hydrogen-bond donors (Lipinski definition) is 0. The maximum absolute atomic E-state index is 14.0. The Hall–Kier alpha value is -4.13. The first kappa shape index (κ1) is 24.9. The SMILES string of the molecule is COc1cccc([C@H]2C3=C(N=c4s/c(=C/c5ccc(-c6cc(Cl)ccc6C)o5)c(=O)n42)c2ccccc2CC3)c1. The highest BCUT2D eigenvalue weighted by Crippen LogP contribution is 2.41. The molecule has 5 aromatic rings. The Morgan fingerprint density at radius 1 is 1.02 bits per heavy atom. The van der Waals surface area contributed by atoms with Gasteiger partial charge in [-0.3, -0.25) is 9.36 Å². The maximum atomic E-state index is 14.0. The van der Waals surface area contributed by atoms with E-state index < -0.39 is 0 Å². The van der Waals surface area contributed by atoms with E-state index in [1.165, 1.54) is 16.9 Å². The third kappa shape index (κ3) is 4.15. The zero-order valence-corrected chi connectivity index (χ0v) is 23.6. The molecule has 40 heavy (non-hydrogen) atoms. The molecule has 1 aliphatic heterocycles. The van der Waals surface area contributed by atoms with Gasteiger partial charge in [-0.2, -0.15) is 0 Å². The maximum Gasteiger partial charge on any atom is 0.271 e. The summed E-state index contributed by atoms with van der Waals surface area (Å²) in [4.78, 5) is 19.8. The smallest absolute Gasteiger partial charge is 0.271 e. The van der Waals surface area contributed by atoms with Crippen LogP contribution < -0.4 is 19.6 Å². The van der Waals surface area contributed by atoms with Crippen LogP contribution in [0.2, 0.25) is 5.02 Å². The van der Waals surface area contributed by atoms with E-state index in [4.69, 9.17) is 25.7 Å². The molecule has 7 rings (SSSR count). The number of benzene rings is 3. The average Bonchev–Trinajstić information content (AvgIpc) is 3.57. The van der Waals surface area contributed by atoms with E-state index >= 15 is 0 Å². The lowest BCUT2D eigenvalue weighted by Gasteiger charge is -2.31. The number of halogens is 1. The average molecular weight is 565 g/mol. The van der Waals surface area contributed by atoms with Crippen molar-refractivity contribution in [3.8, 4) is 17.1 Å². The summed E-state index contributed by atoms with van der Waals surface area (Å²) < 4.78 is 14.1. The van der Waals surface area contributed by atoms with E-state index in [2.05, 4.69) is 30.3 Å². The van der Waals surface area contributed by atoms with Gasteiger partial charge in [0.15, 0.2) is 4.80 Å². The first-order valence-electron chi connectivity index (χ1n) is 13.1. The standard InChI is InChI=1S/C33H25ClN2O3S/c1-19-10-12-22(34)17-27(19)28-15-13-24(39-28)18-29-32(37)36-31(21-7-5-8-23(16-21)38-2)26-14-11-20-6-3-4-9-25(20)30(26)35-33(36)40-29/h3-10,12-13,15-18,31H,11,14H2,1-2H3/b29-18+/t31-/m0/s1. The van der Waals surface area contributed by atoms with Gasteiger partial charge in [-0.1, -0.05) is 65.4 Å². The predicted octanol–water partition coefficient (Wildman–Crippen LogP) is 6.55. The third-order valence-electron chi connectivity index (χ3n) is 7.65. The number of rotatable bonds is 4. The van der Waals surface area contributed by atoms with Crippen molar-refractivity contribution < 1.29 is 9.15 Å². The number of aromatic nitrogens is 1. The lowest BCUT2D eigenvalue weighted by molar-refractivity contribution is 0.413. The number of allylic oxidation sites excluding steroid dienone is 1. The topological polar surface area (TPSA) is 56.7 Å². The number of ether oxygens (including phenoxy) is 1. The van der Waals surface area contributed by atoms with E-state index in [0.717, 1.165) is 52.1 Å². The first-order valence-corrected chi connectivity index (χ1v) is 14.3. The number of nitrogens with zero attached hydrogens (tertiary/aromatic N) is 2. The van der Waals surface area contributed by atoms with Gasteiger partial charge in [0, 0.05) is 22.2 Å². The minimum Gasteiger partial charge on any atom is -0.497 e. The van der Waals surface area contributed by atoms with Crippen molar-refractivity contribution in [3.63, 3.8) is 0 Å². The summed E-state index contributed by atoms with van der Waals surface area (Å²) in [7, 11) is 1.66. The van der Waals surface area contributed by atoms with Crippen LogP contribution >= 0.6 is 22.9 Å². The molecule has 198 valence electrons. The Morgan fingerprint density at radius 3 is 2.77 bits per heavy atom. The lowest BCUT2D eigenvalue weighted by Crippen LogP contribution is -2.38. The van der Waals surface area contributed by atoms with E-state index in [1.807, 2.05) is 66.1 Å². The Morgan fingerprint density at radius 2 is 1.90 bits per heavy atom. The van der Waals surface area contributed by atoms with Crippen molar-refractivity contribution in [2.45, 2.75) is 25.8 Å². The molecule has 3 aromatic carbocycles. The molecule has 2 aliphatic rings. The number of thiazole rings is 1. The van der Waals surface area contributed by atoms with Gasteiger partial charge in [-0.15, -0.1) is 0 Å². The van der Waals surface area contributed by atoms with E-state index in [1.54, 1.807) is 7.11 Å². The second kappa shape index (κ2) is 9.81. The van der Waals surface area contributed by atoms with Crippen molar-refractivity contribution in [1.29, 1.82) is 0 Å².